The summed E-state index contributed by atoms with van der Waals surface area (Å²) in [6, 6.07) is 12.5. The van der Waals surface area contributed by atoms with Crippen molar-refractivity contribution in [3.63, 3.8) is 0 Å². The topological polar surface area (TPSA) is 146 Å². The molecule has 4 N–H and O–H groups in total. The molecule has 11 heteroatoms. The summed E-state index contributed by atoms with van der Waals surface area (Å²) in [5.74, 6) is -1.97. The lowest BCUT2D eigenvalue weighted by Gasteiger charge is -2.31. The van der Waals surface area contributed by atoms with Gasteiger partial charge in [0.15, 0.2) is 6.61 Å². The minimum atomic E-state index is -0.967. The van der Waals surface area contributed by atoms with Crippen molar-refractivity contribution in [1.29, 1.82) is 0 Å². The number of carbonyl (C=O) groups excluding carboxylic acids is 5. The number of carbonyl (C=O) groups is 5. The molecule has 43 heavy (non-hydrogen) atoms. The van der Waals surface area contributed by atoms with Crippen LogP contribution in [0.2, 0.25) is 0 Å². The Morgan fingerprint density at radius 2 is 1.63 bits per heavy atom. The van der Waals surface area contributed by atoms with E-state index in [1.807, 2.05) is 51.1 Å². The molecule has 0 aliphatic carbocycles. The van der Waals surface area contributed by atoms with Crippen molar-refractivity contribution >= 4 is 29.5 Å². The third kappa shape index (κ3) is 8.12. The number of hydrogen-bond donors (Lipinski definition) is 4. The fourth-order valence-corrected chi connectivity index (χ4v) is 5.34. The molecule has 2 aromatic carbocycles. The zero-order valence-corrected chi connectivity index (χ0v) is 25.1. The molecule has 5 amide bonds. The van der Waals surface area contributed by atoms with E-state index in [1.165, 1.54) is 4.90 Å². The quantitative estimate of drug-likeness (QED) is 0.425. The van der Waals surface area contributed by atoms with Crippen molar-refractivity contribution in [2.45, 2.75) is 77.2 Å². The van der Waals surface area contributed by atoms with Crippen LogP contribution in [0.15, 0.2) is 54.6 Å². The Balaban J connectivity index is 1.58. The molecule has 5 rings (SSSR count). The average Bonchev–Trinajstić information content (AvgIpc) is 3.49. The highest BCUT2D eigenvalue weighted by atomic mass is 16.5. The predicted molar refractivity (Wildman–Crippen MR) is 160 cm³/mol. The number of amides is 5. The molecule has 3 aliphatic rings. The molecule has 0 saturated carbocycles. The molecule has 2 aromatic rings. The summed E-state index contributed by atoms with van der Waals surface area (Å²) in [4.78, 5) is 67.8. The van der Waals surface area contributed by atoms with Crippen molar-refractivity contribution < 1.29 is 28.7 Å². The molecule has 5 atom stereocenters. The normalized spacial score (nSPS) is 24.4. The first-order chi connectivity index (χ1) is 20.5. The molecule has 0 spiro atoms. The van der Waals surface area contributed by atoms with Crippen molar-refractivity contribution in [3.05, 3.63) is 65.7 Å². The Bertz CT molecular complexity index is 1320. The second-order valence-corrected chi connectivity index (χ2v) is 11.5. The van der Waals surface area contributed by atoms with Gasteiger partial charge in [-0.15, -0.1) is 0 Å². The van der Waals surface area contributed by atoms with E-state index in [2.05, 4.69) is 21.3 Å². The van der Waals surface area contributed by atoms with Gasteiger partial charge in [0.1, 0.15) is 29.9 Å². The van der Waals surface area contributed by atoms with Crippen molar-refractivity contribution in [1.82, 2.24) is 26.2 Å². The zero-order chi connectivity index (χ0) is 31.1. The Labute approximate surface area is 252 Å². The predicted octanol–water partition coefficient (Wildman–Crippen LogP) is 1.62. The number of ether oxygens (including phenoxy) is 1. The number of nitrogens with one attached hydrogen (secondary N) is 4. The van der Waals surface area contributed by atoms with Crippen LogP contribution in [0.5, 0.6) is 5.75 Å². The summed E-state index contributed by atoms with van der Waals surface area (Å²) in [5.41, 5.74) is 1.67. The van der Waals surface area contributed by atoms with E-state index >= 15 is 0 Å². The highest BCUT2D eigenvalue weighted by Gasteiger charge is 2.39. The molecule has 1 fully saturated rings. The molecular weight excluding hydrogens is 550 g/mol. The van der Waals surface area contributed by atoms with Crippen LogP contribution < -0.4 is 26.0 Å². The van der Waals surface area contributed by atoms with Gasteiger partial charge in [-0.3, -0.25) is 24.0 Å². The van der Waals surface area contributed by atoms with Crippen LogP contribution in [-0.2, 0) is 30.4 Å². The lowest BCUT2D eigenvalue weighted by atomic mass is 10.0. The van der Waals surface area contributed by atoms with Gasteiger partial charge in [-0.25, -0.2) is 0 Å². The van der Waals surface area contributed by atoms with Gasteiger partial charge in [0.05, 0.1) is 6.04 Å². The monoisotopic (exact) mass is 591 g/mol. The summed E-state index contributed by atoms with van der Waals surface area (Å²) in [6.45, 7) is 7.12. The first kappa shape index (κ1) is 31.5. The molecule has 0 radical (unpaired) electrons. The number of nitrogens with zero attached hydrogens (tertiary/aromatic N) is 1. The van der Waals surface area contributed by atoms with Crippen LogP contribution in [-0.4, -0.2) is 71.8 Å². The van der Waals surface area contributed by atoms with Gasteiger partial charge in [-0.1, -0.05) is 56.3 Å². The third-order valence-electron chi connectivity index (χ3n) is 7.86. The minimum absolute atomic E-state index is 0.182. The van der Waals surface area contributed by atoms with Gasteiger partial charge in [0, 0.05) is 13.0 Å². The van der Waals surface area contributed by atoms with Gasteiger partial charge in [0.25, 0.3) is 5.91 Å². The van der Waals surface area contributed by atoms with Crippen LogP contribution in [0.25, 0.3) is 0 Å². The smallest absolute Gasteiger partial charge is 0.258 e. The molecule has 0 unspecified atom stereocenters. The summed E-state index contributed by atoms with van der Waals surface area (Å²) in [6.07, 6.45) is 1.23. The lowest BCUT2D eigenvalue weighted by molar-refractivity contribution is -0.143. The van der Waals surface area contributed by atoms with Crippen LogP contribution in [0.4, 0.5) is 0 Å². The number of hydrogen-bond acceptors (Lipinski definition) is 6. The second kappa shape index (κ2) is 14.2. The minimum Gasteiger partial charge on any atom is -0.484 e. The first-order valence-corrected chi connectivity index (χ1v) is 14.8. The largest absolute Gasteiger partial charge is 0.484 e. The van der Waals surface area contributed by atoms with Gasteiger partial charge in [-0.05, 0) is 55.9 Å². The first-order valence-electron chi connectivity index (χ1n) is 14.8. The zero-order valence-electron chi connectivity index (χ0n) is 25.1. The maximum atomic E-state index is 13.5. The van der Waals surface area contributed by atoms with E-state index in [4.69, 9.17) is 4.74 Å². The van der Waals surface area contributed by atoms with Crippen molar-refractivity contribution in [2.24, 2.45) is 5.92 Å². The van der Waals surface area contributed by atoms with Crippen LogP contribution in [0, 0.1) is 5.92 Å². The van der Waals surface area contributed by atoms with E-state index in [9.17, 15) is 24.0 Å². The van der Waals surface area contributed by atoms with E-state index < -0.39 is 41.9 Å². The molecule has 230 valence electrons. The van der Waals surface area contributed by atoms with Gasteiger partial charge < -0.3 is 30.9 Å². The van der Waals surface area contributed by atoms with Gasteiger partial charge in [-0.2, -0.15) is 0 Å². The van der Waals surface area contributed by atoms with Crippen LogP contribution >= 0.6 is 0 Å². The lowest BCUT2D eigenvalue weighted by Crippen LogP contribution is -2.58. The fraction of sp³-hybridized carbons (Fsp3) is 0.469. The molecule has 3 heterocycles. The highest BCUT2D eigenvalue weighted by molar-refractivity contribution is 5.96. The van der Waals surface area contributed by atoms with Crippen LogP contribution in [0.1, 0.15) is 57.7 Å². The van der Waals surface area contributed by atoms with Crippen molar-refractivity contribution in [3.8, 4) is 5.75 Å². The maximum absolute atomic E-state index is 13.5. The second-order valence-electron chi connectivity index (χ2n) is 11.5. The average molecular weight is 592 g/mol. The summed E-state index contributed by atoms with van der Waals surface area (Å²) in [7, 11) is 0. The van der Waals surface area contributed by atoms with E-state index in [-0.39, 0.29) is 36.8 Å². The van der Waals surface area contributed by atoms with E-state index in [1.54, 1.807) is 31.2 Å². The Kier molecular flexibility index (Phi) is 10.4. The van der Waals surface area contributed by atoms with Crippen LogP contribution in [0.3, 0.4) is 0 Å². The summed E-state index contributed by atoms with van der Waals surface area (Å²) < 4.78 is 5.66. The molecule has 11 nitrogen and oxygen atoms in total. The standard InChI is InChI=1S/C32H41N5O6/c1-19(2)28-32(42)37-16-8-11-26(37)31(41)34-21(4)29(39)35-25(30(40)33-20(3)23-9-6-5-7-10-23)17-22-12-14-24(15-13-22)43-18-27(38)36-28/h5-7,9-10,12-15,19-21,25-26,28H,8,11,16-18H2,1-4H3,(H,33,40)(H,34,41)(H,35,39)(H,36,38)/t20-,21-,25-,26+,28-/m0/s1. The Morgan fingerprint density at radius 1 is 0.930 bits per heavy atom. The van der Waals surface area contributed by atoms with Crippen molar-refractivity contribution in [2.75, 3.05) is 13.2 Å². The highest BCUT2D eigenvalue weighted by Crippen LogP contribution is 2.21. The van der Waals surface area contributed by atoms with E-state index in [0.717, 1.165) is 11.1 Å². The molecule has 3 aliphatic heterocycles. The summed E-state index contributed by atoms with van der Waals surface area (Å²) in [5, 5.41) is 11.3. The number of benzene rings is 2. The van der Waals surface area contributed by atoms with Gasteiger partial charge in [0.2, 0.25) is 23.6 Å². The number of fused-ring (bicyclic) bond motifs is 13. The third-order valence-corrected chi connectivity index (χ3v) is 7.86. The fourth-order valence-electron chi connectivity index (χ4n) is 5.34. The van der Waals surface area contributed by atoms with E-state index in [0.29, 0.717) is 25.1 Å². The number of rotatable bonds is 4. The molecular formula is C32H41N5O6. The molecule has 1 saturated heterocycles. The Morgan fingerprint density at radius 3 is 2.30 bits per heavy atom. The Hall–Kier alpha value is -4.41. The SMILES string of the molecule is CC(C)[C@@H]1NC(=O)COc2ccc(cc2)C[C@@H](C(=O)N[C@@H](C)c2ccccc2)NC(=O)[C@H](C)NC(=O)[C@H]2CCCN2C1=O. The summed E-state index contributed by atoms with van der Waals surface area (Å²) >= 11 is 0. The maximum Gasteiger partial charge on any atom is 0.258 e. The molecule has 2 bridgehead atoms. The molecule has 0 aromatic heterocycles. The van der Waals surface area contributed by atoms with Gasteiger partial charge >= 0.3 is 0 Å².